The average Bonchev–Trinajstić information content (AvgIpc) is 3.07. The molecule has 6 heteroatoms. The summed E-state index contributed by atoms with van der Waals surface area (Å²) in [6.45, 7) is 4.10. The summed E-state index contributed by atoms with van der Waals surface area (Å²) in [5.41, 5.74) is 0.0312. The van der Waals surface area contributed by atoms with Crippen molar-refractivity contribution in [3.8, 4) is 0 Å². The molecule has 1 aromatic carbocycles. The molecule has 0 radical (unpaired) electrons. The number of ketones is 1. The number of benzene rings is 1. The number of hydrogen-bond acceptors (Lipinski definition) is 5. The summed E-state index contributed by atoms with van der Waals surface area (Å²) in [6.07, 6.45) is 0.0990. The second-order valence-corrected chi connectivity index (χ2v) is 8.10. The number of rotatable bonds is 9. The van der Waals surface area contributed by atoms with Gasteiger partial charge >= 0.3 is 7.60 Å². The zero-order chi connectivity index (χ0) is 16.7. The topological polar surface area (TPSA) is 52.6 Å². The van der Waals surface area contributed by atoms with E-state index in [1.807, 2.05) is 35.7 Å². The largest absolute Gasteiger partial charge is 0.339 e. The van der Waals surface area contributed by atoms with Crippen LogP contribution in [-0.2, 0) is 13.6 Å². The molecule has 0 aliphatic rings. The normalized spacial score (nSPS) is 13.0. The average molecular weight is 352 g/mol. The Labute approximate surface area is 141 Å². The molecular weight excluding hydrogens is 331 g/mol. The summed E-state index contributed by atoms with van der Waals surface area (Å²) in [4.78, 5) is 13.4. The van der Waals surface area contributed by atoms with Crippen molar-refractivity contribution in [1.82, 2.24) is 0 Å². The van der Waals surface area contributed by atoms with E-state index in [0.29, 0.717) is 5.56 Å². The molecule has 2 rings (SSSR count). The summed E-state index contributed by atoms with van der Waals surface area (Å²) in [5.74, 6) is -0.0661. The van der Waals surface area contributed by atoms with Crippen molar-refractivity contribution in [1.29, 1.82) is 0 Å². The van der Waals surface area contributed by atoms with Crippen molar-refractivity contribution >= 4 is 24.7 Å². The fourth-order valence-corrected chi connectivity index (χ4v) is 5.57. The van der Waals surface area contributed by atoms with Crippen LogP contribution in [0.3, 0.4) is 0 Å². The van der Waals surface area contributed by atoms with Gasteiger partial charge in [-0.1, -0.05) is 36.4 Å². The number of thiophene rings is 1. The molecule has 1 heterocycles. The summed E-state index contributed by atoms with van der Waals surface area (Å²) < 4.78 is 24.1. The molecule has 23 heavy (non-hydrogen) atoms. The Morgan fingerprint density at radius 1 is 1.09 bits per heavy atom. The molecule has 1 aromatic heterocycles. The van der Waals surface area contributed by atoms with E-state index in [2.05, 4.69) is 0 Å². The van der Waals surface area contributed by atoms with E-state index in [1.54, 1.807) is 26.0 Å². The maximum atomic E-state index is 13.2. The van der Waals surface area contributed by atoms with Crippen LogP contribution < -0.4 is 0 Å². The molecule has 0 aliphatic heterocycles. The summed E-state index contributed by atoms with van der Waals surface area (Å²) in [5, 5.41) is 1.90. The Bertz CT molecular complexity index is 644. The molecule has 4 nitrogen and oxygen atoms in total. The summed E-state index contributed by atoms with van der Waals surface area (Å²) >= 11 is 1.46. The van der Waals surface area contributed by atoms with Gasteiger partial charge in [0.1, 0.15) is 5.66 Å². The summed E-state index contributed by atoms with van der Waals surface area (Å²) in [6, 6.07) is 12.8. The molecule has 0 saturated heterocycles. The Morgan fingerprint density at radius 2 is 1.74 bits per heavy atom. The van der Waals surface area contributed by atoms with E-state index in [0.717, 1.165) is 4.88 Å². The number of carbonyl (C=O) groups is 1. The van der Waals surface area contributed by atoms with Gasteiger partial charge in [-0.3, -0.25) is 9.36 Å². The van der Waals surface area contributed by atoms with E-state index in [-0.39, 0.29) is 25.4 Å². The van der Waals surface area contributed by atoms with E-state index in [9.17, 15) is 9.36 Å². The predicted octanol–water partition coefficient (Wildman–Crippen LogP) is 5.33. The standard InChI is InChI=1S/C17H21O4PS/c1-3-20-22(19,21-4-2)16(17-11-8-12-23-17)13-15(18)14-9-6-5-7-10-14/h5-12,16H,3-4,13H2,1-2H3/t16-/m0/s1. The van der Waals surface area contributed by atoms with Crippen LogP contribution in [-0.4, -0.2) is 19.0 Å². The molecule has 0 aliphatic carbocycles. The van der Waals surface area contributed by atoms with Crippen molar-refractivity contribution < 1.29 is 18.4 Å². The van der Waals surface area contributed by atoms with Gasteiger partial charge in [-0.15, -0.1) is 11.3 Å². The quantitative estimate of drug-likeness (QED) is 0.452. The van der Waals surface area contributed by atoms with Crippen LogP contribution in [0.25, 0.3) is 0 Å². The van der Waals surface area contributed by atoms with Crippen molar-refractivity contribution in [3.63, 3.8) is 0 Å². The Hall–Kier alpha value is -1.26. The van der Waals surface area contributed by atoms with Crippen molar-refractivity contribution in [3.05, 3.63) is 58.3 Å². The first-order valence-corrected chi connectivity index (χ1v) is 10.1. The molecule has 0 saturated carbocycles. The highest BCUT2D eigenvalue weighted by Gasteiger charge is 2.39. The molecule has 0 fully saturated rings. The summed E-state index contributed by atoms with van der Waals surface area (Å²) in [7, 11) is -3.40. The van der Waals surface area contributed by atoms with Crippen LogP contribution in [0.1, 0.15) is 41.2 Å². The first kappa shape index (κ1) is 18.1. The van der Waals surface area contributed by atoms with Gasteiger partial charge in [-0.25, -0.2) is 0 Å². The van der Waals surface area contributed by atoms with Crippen LogP contribution in [0.2, 0.25) is 0 Å². The van der Waals surface area contributed by atoms with Crippen molar-refractivity contribution in [2.24, 2.45) is 0 Å². The highest BCUT2D eigenvalue weighted by atomic mass is 32.1. The van der Waals surface area contributed by atoms with Crippen LogP contribution >= 0.6 is 18.9 Å². The van der Waals surface area contributed by atoms with E-state index >= 15 is 0 Å². The lowest BCUT2D eigenvalue weighted by molar-refractivity contribution is 0.0974. The third kappa shape index (κ3) is 4.61. The Balaban J connectivity index is 2.31. The molecule has 0 unspecified atom stereocenters. The molecule has 0 spiro atoms. The molecule has 1 atom stereocenters. The van der Waals surface area contributed by atoms with Crippen molar-refractivity contribution in [2.75, 3.05) is 13.2 Å². The third-order valence-corrected chi connectivity index (χ3v) is 6.97. The zero-order valence-electron chi connectivity index (χ0n) is 13.3. The van der Waals surface area contributed by atoms with E-state index < -0.39 is 13.3 Å². The van der Waals surface area contributed by atoms with Crippen molar-refractivity contribution in [2.45, 2.75) is 25.9 Å². The minimum atomic E-state index is -3.40. The SMILES string of the molecule is CCOP(=O)(OCC)[C@@H](CC(=O)c1ccccc1)c1cccs1. The van der Waals surface area contributed by atoms with Crippen LogP contribution in [0.15, 0.2) is 47.8 Å². The maximum Gasteiger partial charge on any atom is 0.339 e. The Kier molecular flexibility index (Phi) is 6.72. The van der Waals surface area contributed by atoms with Gasteiger partial charge in [0.25, 0.3) is 0 Å². The van der Waals surface area contributed by atoms with Gasteiger partial charge < -0.3 is 9.05 Å². The van der Waals surface area contributed by atoms with Crippen LogP contribution in [0.4, 0.5) is 0 Å². The number of hydrogen-bond donors (Lipinski definition) is 0. The fraction of sp³-hybridized carbons (Fsp3) is 0.353. The lowest BCUT2D eigenvalue weighted by Gasteiger charge is -2.25. The van der Waals surface area contributed by atoms with Gasteiger partial charge in [-0.2, -0.15) is 0 Å². The minimum absolute atomic E-state index is 0.0661. The highest BCUT2D eigenvalue weighted by molar-refractivity contribution is 7.54. The Morgan fingerprint density at radius 3 is 2.26 bits per heavy atom. The van der Waals surface area contributed by atoms with Gasteiger partial charge in [-0.05, 0) is 25.3 Å². The van der Waals surface area contributed by atoms with Gasteiger partial charge in [0.2, 0.25) is 0 Å². The fourth-order valence-electron chi connectivity index (χ4n) is 2.34. The monoisotopic (exact) mass is 352 g/mol. The second kappa shape index (κ2) is 8.55. The predicted molar refractivity (Wildman–Crippen MR) is 93.3 cm³/mol. The highest BCUT2D eigenvalue weighted by Crippen LogP contribution is 2.63. The first-order valence-electron chi connectivity index (χ1n) is 7.61. The first-order chi connectivity index (χ1) is 11.1. The van der Waals surface area contributed by atoms with Gasteiger partial charge in [0.05, 0.1) is 13.2 Å². The number of carbonyl (C=O) groups excluding carboxylic acids is 1. The van der Waals surface area contributed by atoms with E-state index in [1.165, 1.54) is 11.3 Å². The molecule has 0 bridgehead atoms. The van der Waals surface area contributed by atoms with E-state index in [4.69, 9.17) is 9.05 Å². The lowest BCUT2D eigenvalue weighted by atomic mass is 10.1. The zero-order valence-corrected chi connectivity index (χ0v) is 15.0. The lowest BCUT2D eigenvalue weighted by Crippen LogP contribution is -2.11. The van der Waals surface area contributed by atoms with Gasteiger partial charge in [0, 0.05) is 16.9 Å². The third-order valence-electron chi connectivity index (χ3n) is 3.35. The molecule has 2 aromatic rings. The molecule has 0 amide bonds. The minimum Gasteiger partial charge on any atom is -0.308 e. The molecular formula is C17H21O4PS. The smallest absolute Gasteiger partial charge is 0.308 e. The van der Waals surface area contributed by atoms with Gasteiger partial charge in [0.15, 0.2) is 5.78 Å². The molecule has 124 valence electrons. The maximum absolute atomic E-state index is 13.2. The second-order valence-electron chi connectivity index (χ2n) is 4.90. The van der Waals surface area contributed by atoms with Crippen LogP contribution in [0.5, 0.6) is 0 Å². The van der Waals surface area contributed by atoms with Crippen LogP contribution in [0, 0.1) is 0 Å². The number of Topliss-reactive ketones (excluding diaryl/α,β-unsaturated/α-hetero) is 1. The molecule has 0 N–H and O–H groups in total.